The number of nitrogens with one attached hydrogen (secondary N) is 1. The second kappa shape index (κ2) is 3.65. The summed E-state index contributed by atoms with van der Waals surface area (Å²) in [6.45, 7) is 8.34. The van der Waals surface area contributed by atoms with E-state index >= 15 is 0 Å². The fraction of sp³-hybridized carbons (Fsp3) is 0.636. The van der Waals surface area contributed by atoms with E-state index in [4.69, 9.17) is 0 Å². The van der Waals surface area contributed by atoms with Gasteiger partial charge in [-0.15, -0.1) is 0 Å². The van der Waals surface area contributed by atoms with Gasteiger partial charge in [-0.05, 0) is 6.92 Å². The Morgan fingerprint density at radius 2 is 2.07 bits per heavy atom. The minimum atomic E-state index is 0.425. The number of aromatic nitrogens is 2. The largest absolute Gasteiger partial charge is 0.312 e. The molecule has 0 radical (unpaired) electrons. The van der Waals surface area contributed by atoms with Gasteiger partial charge in [0.2, 0.25) is 0 Å². The molecule has 0 saturated heterocycles. The number of nitrogens with zero attached hydrogens (tertiary/aromatic N) is 2. The molecule has 0 aliphatic carbocycles. The Hall–Kier alpha value is -0.960. The summed E-state index contributed by atoms with van der Waals surface area (Å²) in [5.41, 5.74) is 3.70. The molecule has 0 atom stereocenters. The first-order chi connectivity index (χ1) is 6.68. The van der Waals surface area contributed by atoms with Crippen molar-refractivity contribution in [3.63, 3.8) is 0 Å². The van der Waals surface area contributed by atoms with Gasteiger partial charge in [-0.1, -0.05) is 13.8 Å². The third kappa shape index (κ3) is 1.64. The third-order valence-corrected chi connectivity index (χ3v) is 2.67. The van der Waals surface area contributed by atoms with Gasteiger partial charge in [0.15, 0.2) is 0 Å². The Morgan fingerprint density at radius 1 is 1.29 bits per heavy atom. The Morgan fingerprint density at radius 3 is 2.79 bits per heavy atom. The Bertz CT molecular complexity index is 345. The van der Waals surface area contributed by atoms with Gasteiger partial charge < -0.3 is 5.32 Å². The molecule has 0 bridgehead atoms. The molecule has 0 spiro atoms. The lowest BCUT2D eigenvalue weighted by Crippen LogP contribution is -2.26. The normalized spacial score (nSPS) is 15.7. The number of hydrogen-bond donors (Lipinski definition) is 1. The maximum Gasteiger partial charge on any atom is 0.131 e. The van der Waals surface area contributed by atoms with Crippen molar-refractivity contribution >= 4 is 0 Å². The first-order valence-corrected chi connectivity index (χ1v) is 5.25. The minimum Gasteiger partial charge on any atom is -0.312 e. The van der Waals surface area contributed by atoms with Crippen molar-refractivity contribution in [3.8, 4) is 0 Å². The predicted molar refractivity (Wildman–Crippen MR) is 56.3 cm³/mol. The third-order valence-electron chi connectivity index (χ3n) is 2.67. The van der Waals surface area contributed by atoms with Gasteiger partial charge >= 0.3 is 0 Å². The molecule has 3 heteroatoms. The number of hydrogen-bond acceptors (Lipinski definition) is 3. The molecule has 0 amide bonds. The lowest BCUT2D eigenvalue weighted by atomic mass is 10.0. The van der Waals surface area contributed by atoms with E-state index in [1.54, 1.807) is 0 Å². The van der Waals surface area contributed by atoms with Crippen molar-refractivity contribution in [2.45, 2.75) is 39.7 Å². The molecule has 0 saturated carbocycles. The van der Waals surface area contributed by atoms with Crippen LogP contribution in [0.1, 0.15) is 42.5 Å². The molecule has 0 aromatic carbocycles. The molecule has 1 aliphatic heterocycles. The van der Waals surface area contributed by atoms with Crippen molar-refractivity contribution in [1.82, 2.24) is 15.3 Å². The van der Waals surface area contributed by atoms with E-state index < -0.39 is 0 Å². The summed E-state index contributed by atoms with van der Waals surface area (Å²) >= 11 is 0. The maximum atomic E-state index is 4.62. The van der Waals surface area contributed by atoms with Crippen LogP contribution in [0, 0.1) is 6.92 Å². The molecular formula is C11H17N3. The molecule has 76 valence electrons. The van der Waals surface area contributed by atoms with Gasteiger partial charge in [0.1, 0.15) is 5.82 Å². The molecule has 1 N–H and O–H groups in total. The second-order valence-corrected chi connectivity index (χ2v) is 4.17. The van der Waals surface area contributed by atoms with E-state index in [2.05, 4.69) is 36.1 Å². The van der Waals surface area contributed by atoms with Crippen molar-refractivity contribution in [1.29, 1.82) is 0 Å². The molecule has 14 heavy (non-hydrogen) atoms. The number of aryl methyl sites for hydroxylation is 1. The van der Waals surface area contributed by atoms with Crippen molar-refractivity contribution in [2.75, 3.05) is 6.54 Å². The SMILES string of the molecule is Cc1nc(C(C)C)nc2c1CNCC2. The summed E-state index contributed by atoms with van der Waals surface area (Å²) in [6, 6.07) is 0. The van der Waals surface area contributed by atoms with Crippen LogP contribution in [-0.2, 0) is 13.0 Å². The smallest absolute Gasteiger partial charge is 0.131 e. The lowest BCUT2D eigenvalue weighted by Gasteiger charge is -2.19. The molecule has 0 unspecified atom stereocenters. The summed E-state index contributed by atoms with van der Waals surface area (Å²) in [7, 11) is 0. The Balaban J connectivity index is 2.46. The van der Waals surface area contributed by atoms with Crippen LogP contribution < -0.4 is 5.32 Å². The number of rotatable bonds is 1. The topological polar surface area (TPSA) is 37.8 Å². The van der Waals surface area contributed by atoms with Crippen LogP contribution in [0.3, 0.4) is 0 Å². The molecule has 1 aromatic heterocycles. The van der Waals surface area contributed by atoms with E-state index in [-0.39, 0.29) is 0 Å². The van der Waals surface area contributed by atoms with E-state index in [0.29, 0.717) is 5.92 Å². The lowest BCUT2D eigenvalue weighted by molar-refractivity contribution is 0.607. The van der Waals surface area contributed by atoms with Crippen LogP contribution in [-0.4, -0.2) is 16.5 Å². The Kier molecular flexibility index (Phi) is 2.50. The number of fused-ring (bicyclic) bond motifs is 1. The van der Waals surface area contributed by atoms with Gasteiger partial charge in [0.05, 0.1) is 5.69 Å². The summed E-state index contributed by atoms with van der Waals surface area (Å²) in [6.07, 6.45) is 1.04. The highest BCUT2D eigenvalue weighted by Crippen LogP contribution is 2.18. The zero-order valence-corrected chi connectivity index (χ0v) is 9.09. The monoisotopic (exact) mass is 191 g/mol. The molecule has 0 fully saturated rings. The fourth-order valence-electron chi connectivity index (χ4n) is 1.79. The molecular weight excluding hydrogens is 174 g/mol. The molecule has 1 aliphatic rings. The van der Waals surface area contributed by atoms with Crippen LogP contribution in [0.15, 0.2) is 0 Å². The molecule has 3 nitrogen and oxygen atoms in total. The predicted octanol–water partition coefficient (Wildman–Crippen LogP) is 1.55. The quantitative estimate of drug-likeness (QED) is 0.732. The van der Waals surface area contributed by atoms with E-state index in [1.165, 1.54) is 11.3 Å². The summed E-state index contributed by atoms with van der Waals surface area (Å²) in [5, 5.41) is 3.35. The highest BCUT2D eigenvalue weighted by atomic mass is 14.9. The fourth-order valence-corrected chi connectivity index (χ4v) is 1.79. The summed E-state index contributed by atoms with van der Waals surface area (Å²) < 4.78 is 0. The van der Waals surface area contributed by atoms with Crippen molar-refractivity contribution in [3.05, 3.63) is 22.8 Å². The van der Waals surface area contributed by atoms with Crippen LogP contribution in [0.4, 0.5) is 0 Å². The van der Waals surface area contributed by atoms with Gasteiger partial charge in [0, 0.05) is 36.7 Å². The van der Waals surface area contributed by atoms with Crippen molar-refractivity contribution in [2.24, 2.45) is 0 Å². The summed E-state index contributed by atoms with van der Waals surface area (Å²) in [5.74, 6) is 1.41. The second-order valence-electron chi connectivity index (χ2n) is 4.17. The molecule has 2 rings (SSSR count). The first-order valence-electron chi connectivity index (χ1n) is 5.25. The average molecular weight is 191 g/mol. The maximum absolute atomic E-state index is 4.62. The van der Waals surface area contributed by atoms with E-state index in [0.717, 1.165) is 31.0 Å². The van der Waals surface area contributed by atoms with Crippen LogP contribution in [0.25, 0.3) is 0 Å². The highest BCUT2D eigenvalue weighted by molar-refractivity contribution is 5.27. The zero-order valence-electron chi connectivity index (χ0n) is 9.09. The van der Waals surface area contributed by atoms with Crippen LogP contribution in [0.5, 0.6) is 0 Å². The van der Waals surface area contributed by atoms with Gasteiger partial charge in [-0.2, -0.15) is 0 Å². The zero-order chi connectivity index (χ0) is 10.1. The van der Waals surface area contributed by atoms with E-state index in [1.807, 2.05) is 0 Å². The van der Waals surface area contributed by atoms with Gasteiger partial charge in [-0.3, -0.25) is 0 Å². The highest BCUT2D eigenvalue weighted by Gasteiger charge is 2.15. The van der Waals surface area contributed by atoms with Crippen LogP contribution >= 0.6 is 0 Å². The van der Waals surface area contributed by atoms with Crippen molar-refractivity contribution < 1.29 is 0 Å². The Labute approximate surface area is 85.0 Å². The minimum absolute atomic E-state index is 0.425. The van der Waals surface area contributed by atoms with Gasteiger partial charge in [-0.25, -0.2) is 9.97 Å². The first kappa shape index (κ1) is 9.59. The molecule has 1 aromatic rings. The summed E-state index contributed by atoms with van der Waals surface area (Å²) in [4.78, 5) is 9.16. The average Bonchev–Trinajstić information content (AvgIpc) is 2.17. The van der Waals surface area contributed by atoms with Crippen LogP contribution in [0.2, 0.25) is 0 Å². The van der Waals surface area contributed by atoms with E-state index in [9.17, 15) is 0 Å². The standard InChI is InChI=1S/C11H17N3/c1-7(2)11-13-8(3)9-6-12-5-4-10(9)14-11/h7,12H,4-6H2,1-3H3. The molecule has 2 heterocycles. The van der Waals surface area contributed by atoms with Gasteiger partial charge in [0.25, 0.3) is 0 Å².